The fourth-order valence-corrected chi connectivity index (χ4v) is 3.00. The topological polar surface area (TPSA) is 60.8 Å². The summed E-state index contributed by atoms with van der Waals surface area (Å²) in [5, 5.41) is 18.9. The molecule has 1 heterocycles. The molecule has 0 bridgehead atoms. The number of hydrogen-bond donors (Lipinski definition) is 2. The van der Waals surface area contributed by atoms with Crippen LogP contribution in [0, 0.1) is 5.82 Å². The van der Waals surface area contributed by atoms with E-state index < -0.39 is 11.8 Å². The predicted octanol–water partition coefficient (Wildman–Crippen LogP) is 2.92. The third kappa shape index (κ3) is 3.28. The van der Waals surface area contributed by atoms with Crippen LogP contribution in [0.3, 0.4) is 0 Å². The summed E-state index contributed by atoms with van der Waals surface area (Å²) < 4.78 is 13.1. The first-order valence-electron chi connectivity index (χ1n) is 6.95. The van der Waals surface area contributed by atoms with Crippen LogP contribution in [0.5, 0.6) is 5.75 Å². The maximum absolute atomic E-state index is 13.1. The molecule has 1 aromatic rings. The lowest BCUT2D eigenvalue weighted by atomic mass is 9.95. The number of halogens is 1. The Hall–Kier alpha value is -1.62. The van der Waals surface area contributed by atoms with Crippen molar-refractivity contribution in [3.8, 4) is 5.75 Å². The molecule has 1 aromatic carbocycles. The normalized spacial score (nSPS) is 21.6. The Kier molecular flexibility index (Phi) is 4.60. The van der Waals surface area contributed by atoms with E-state index >= 15 is 0 Å². The van der Waals surface area contributed by atoms with Gasteiger partial charge in [-0.2, -0.15) is 0 Å². The van der Waals surface area contributed by atoms with Crippen LogP contribution in [-0.4, -0.2) is 33.7 Å². The van der Waals surface area contributed by atoms with E-state index in [-0.39, 0.29) is 24.3 Å². The van der Waals surface area contributed by atoms with Crippen molar-refractivity contribution in [3.05, 3.63) is 29.6 Å². The Bertz CT molecular complexity index is 492. The quantitative estimate of drug-likeness (QED) is 0.891. The van der Waals surface area contributed by atoms with Crippen molar-refractivity contribution in [1.29, 1.82) is 0 Å². The van der Waals surface area contributed by atoms with Crippen LogP contribution in [0.15, 0.2) is 18.2 Å². The van der Waals surface area contributed by atoms with Gasteiger partial charge in [-0.15, -0.1) is 0 Å². The number of piperidine rings is 1. The van der Waals surface area contributed by atoms with Gasteiger partial charge in [-0.1, -0.05) is 12.5 Å². The molecular formula is C15H20FNO3. The molecule has 0 spiro atoms. The minimum absolute atomic E-state index is 0.0271. The van der Waals surface area contributed by atoms with E-state index in [0.29, 0.717) is 5.56 Å². The number of carbonyl (C=O) groups is 1. The first-order valence-corrected chi connectivity index (χ1v) is 6.95. The number of carboxylic acid groups (broad SMARTS) is 1. The van der Waals surface area contributed by atoms with Crippen molar-refractivity contribution < 1.29 is 19.4 Å². The molecule has 0 aliphatic carbocycles. The number of aromatic hydroxyl groups is 1. The number of likely N-dealkylation sites (tertiary alicyclic amines) is 1. The van der Waals surface area contributed by atoms with Gasteiger partial charge >= 0.3 is 5.97 Å². The lowest BCUT2D eigenvalue weighted by molar-refractivity contribution is -0.139. The second-order valence-electron chi connectivity index (χ2n) is 5.36. The van der Waals surface area contributed by atoms with Gasteiger partial charge in [0.1, 0.15) is 11.6 Å². The maximum Gasteiger partial charge on any atom is 0.304 e. The minimum atomic E-state index is -0.808. The fraction of sp³-hybridized carbons (Fsp3) is 0.533. The zero-order valence-electron chi connectivity index (χ0n) is 11.6. The van der Waals surface area contributed by atoms with E-state index in [9.17, 15) is 14.3 Å². The summed E-state index contributed by atoms with van der Waals surface area (Å²) >= 11 is 0. The molecule has 2 N–H and O–H groups in total. The summed E-state index contributed by atoms with van der Waals surface area (Å²) in [5.41, 5.74) is 0.642. The number of nitrogens with zero attached hydrogens (tertiary/aromatic N) is 1. The van der Waals surface area contributed by atoms with E-state index in [1.807, 2.05) is 6.92 Å². The lowest BCUT2D eigenvalue weighted by Gasteiger charge is -2.39. The van der Waals surface area contributed by atoms with Crippen molar-refractivity contribution in [2.75, 3.05) is 6.54 Å². The maximum atomic E-state index is 13.1. The highest BCUT2D eigenvalue weighted by atomic mass is 19.1. The highest BCUT2D eigenvalue weighted by Gasteiger charge is 2.29. The van der Waals surface area contributed by atoms with Gasteiger partial charge in [0, 0.05) is 23.7 Å². The molecule has 2 rings (SSSR count). The van der Waals surface area contributed by atoms with Gasteiger partial charge in [-0.25, -0.2) is 4.39 Å². The standard InChI is InChI=1S/C15H20FNO3/c1-10(13-6-5-11(16)8-14(13)18)17-7-3-2-4-12(17)9-15(19)20/h5-6,8,10,12,18H,2-4,7,9H2,1H3,(H,19,20). The molecule has 2 atom stereocenters. The zero-order chi connectivity index (χ0) is 14.7. The molecule has 0 aromatic heterocycles. The average Bonchev–Trinajstić information content (AvgIpc) is 2.38. The third-order valence-electron chi connectivity index (χ3n) is 4.02. The van der Waals surface area contributed by atoms with Crippen LogP contribution in [-0.2, 0) is 4.79 Å². The van der Waals surface area contributed by atoms with Crippen LogP contribution < -0.4 is 0 Å². The number of phenolic OH excluding ortho intramolecular Hbond substituents is 1. The Morgan fingerprint density at radius 3 is 2.90 bits per heavy atom. The molecule has 1 saturated heterocycles. The minimum Gasteiger partial charge on any atom is -0.508 e. The van der Waals surface area contributed by atoms with Crippen LogP contribution in [0.2, 0.25) is 0 Å². The number of hydrogen-bond acceptors (Lipinski definition) is 3. The predicted molar refractivity (Wildman–Crippen MR) is 73.1 cm³/mol. The Morgan fingerprint density at radius 1 is 1.50 bits per heavy atom. The first kappa shape index (κ1) is 14.8. The SMILES string of the molecule is CC(c1ccc(F)cc1O)N1CCCCC1CC(=O)O. The van der Waals surface area contributed by atoms with Gasteiger partial charge in [0.05, 0.1) is 6.42 Å². The van der Waals surface area contributed by atoms with Gasteiger partial charge in [0.2, 0.25) is 0 Å². The van der Waals surface area contributed by atoms with E-state index in [1.165, 1.54) is 6.07 Å². The van der Waals surface area contributed by atoms with Crippen LogP contribution in [0.25, 0.3) is 0 Å². The number of carboxylic acids is 1. The highest BCUT2D eigenvalue weighted by Crippen LogP contribution is 2.34. The summed E-state index contributed by atoms with van der Waals surface area (Å²) in [5.74, 6) is -1.35. The monoisotopic (exact) mass is 281 g/mol. The largest absolute Gasteiger partial charge is 0.508 e. The number of rotatable bonds is 4. The summed E-state index contributed by atoms with van der Waals surface area (Å²) in [6, 6.07) is 3.84. The molecule has 0 radical (unpaired) electrons. The van der Waals surface area contributed by atoms with Gasteiger partial charge in [0.25, 0.3) is 0 Å². The molecule has 5 heteroatoms. The van der Waals surface area contributed by atoms with E-state index in [1.54, 1.807) is 6.07 Å². The van der Waals surface area contributed by atoms with Gasteiger partial charge in [-0.05, 0) is 32.4 Å². The number of benzene rings is 1. The smallest absolute Gasteiger partial charge is 0.304 e. The van der Waals surface area contributed by atoms with Gasteiger partial charge < -0.3 is 10.2 Å². The molecular weight excluding hydrogens is 261 g/mol. The summed E-state index contributed by atoms with van der Waals surface area (Å²) in [6.07, 6.45) is 2.99. The van der Waals surface area contributed by atoms with Crippen molar-refractivity contribution in [3.63, 3.8) is 0 Å². The van der Waals surface area contributed by atoms with E-state index in [4.69, 9.17) is 5.11 Å². The van der Waals surface area contributed by atoms with Crippen molar-refractivity contribution >= 4 is 5.97 Å². The molecule has 20 heavy (non-hydrogen) atoms. The number of aliphatic carboxylic acids is 1. The van der Waals surface area contributed by atoms with Crippen LogP contribution in [0.1, 0.15) is 44.2 Å². The average molecular weight is 281 g/mol. The molecule has 0 saturated carbocycles. The van der Waals surface area contributed by atoms with E-state index in [2.05, 4.69) is 4.90 Å². The molecule has 4 nitrogen and oxygen atoms in total. The third-order valence-corrected chi connectivity index (χ3v) is 4.02. The molecule has 0 amide bonds. The Balaban J connectivity index is 2.20. The van der Waals surface area contributed by atoms with Crippen molar-refractivity contribution in [1.82, 2.24) is 4.90 Å². The molecule has 2 unspecified atom stereocenters. The first-order chi connectivity index (χ1) is 9.49. The molecule has 1 aliphatic heterocycles. The number of phenols is 1. The zero-order valence-corrected chi connectivity index (χ0v) is 11.6. The summed E-state index contributed by atoms with van der Waals surface area (Å²) in [4.78, 5) is 13.1. The highest BCUT2D eigenvalue weighted by molar-refractivity contribution is 5.67. The van der Waals surface area contributed by atoms with Gasteiger partial charge in [-0.3, -0.25) is 9.69 Å². The Morgan fingerprint density at radius 2 is 2.25 bits per heavy atom. The summed E-state index contributed by atoms with van der Waals surface area (Å²) in [7, 11) is 0. The molecule has 1 aliphatic rings. The van der Waals surface area contributed by atoms with Crippen molar-refractivity contribution in [2.45, 2.75) is 44.7 Å². The fourth-order valence-electron chi connectivity index (χ4n) is 3.00. The van der Waals surface area contributed by atoms with Crippen molar-refractivity contribution in [2.24, 2.45) is 0 Å². The van der Waals surface area contributed by atoms with E-state index in [0.717, 1.165) is 31.9 Å². The lowest BCUT2D eigenvalue weighted by Crippen LogP contribution is -2.42. The Labute approximate surface area is 117 Å². The van der Waals surface area contributed by atoms with Gasteiger partial charge in [0.15, 0.2) is 0 Å². The van der Waals surface area contributed by atoms with Crippen LogP contribution in [0.4, 0.5) is 4.39 Å². The second kappa shape index (κ2) is 6.22. The molecule has 110 valence electrons. The summed E-state index contributed by atoms with van der Waals surface area (Å²) in [6.45, 7) is 2.73. The van der Waals surface area contributed by atoms with Crippen LogP contribution >= 0.6 is 0 Å². The second-order valence-corrected chi connectivity index (χ2v) is 5.36. The molecule has 1 fully saturated rings.